The molecule has 2 unspecified atom stereocenters. The molecule has 3 heterocycles. The van der Waals surface area contributed by atoms with Gasteiger partial charge in [-0.3, -0.25) is 9.59 Å². The summed E-state index contributed by atoms with van der Waals surface area (Å²) in [4.78, 5) is 32.0. The number of aryl methyl sites for hydroxylation is 1. The molecule has 0 bridgehead atoms. The van der Waals surface area contributed by atoms with Crippen LogP contribution in [0.3, 0.4) is 0 Å². The van der Waals surface area contributed by atoms with Crippen LogP contribution in [0.25, 0.3) is 0 Å². The van der Waals surface area contributed by atoms with E-state index in [4.69, 9.17) is 0 Å². The number of aromatic nitrogens is 3. The number of fused-ring (bicyclic) bond motifs is 1. The maximum absolute atomic E-state index is 14.6. The lowest BCUT2D eigenvalue weighted by molar-refractivity contribution is -0.138. The smallest absolute Gasteiger partial charge is 0.335 e. The molecule has 12 heteroatoms. The van der Waals surface area contributed by atoms with Crippen molar-refractivity contribution in [3.63, 3.8) is 0 Å². The average Bonchev–Trinajstić information content (AvgIpc) is 3.76. The number of carbonyl (C=O) groups is 2. The van der Waals surface area contributed by atoms with Gasteiger partial charge in [-0.25, -0.2) is 0 Å². The Balaban J connectivity index is 1.23. The van der Waals surface area contributed by atoms with Crippen molar-refractivity contribution in [2.24, 2.45) is 13.0 Å². The number of amides is 2. The second-order valence-corrected chi connectivity index (χ2v) is 14.0. The van der Waals surface area contributed by atoms with E-state index in [2.05, 4.69) is 22.4 Å². The van der Waals surface area contributed by atoms with Gasteiger partial charge in [0.25, 0.3) is 5.91 Å². The average molecular weight is 664 g/mol. The van der Waals surface area contributed by atoms with Gasteiger partial charge in [0.1, 0.15) is 12.2 Å². The van der Waals surface area contributed by atoms with Gasteiger partial charge in [-0.05, 0) is 93.6 Å². The molecule has 2 aliphatic heterocycles. The Morgan fingerprint density at radius 1 is 1.21 bits per heavy atom. The van der Waals surface area contributed by atoms with Crippen molar-refractivity contribution in [2.45, 2.75) is 69.8 Å². The zero-order valence-corrected chi connectivity index (χ0v) is 28.2. The highest BCUT2D eigenvalue weighted by molar-refractivity contribution is 6.10. The lowest BCUT2D eigenvalue weighted by Crippen LogP contribution is -2.43. The quantitative estimate of drug-likeness (QED) is 0.290. The van der Waals surface area contributed by atoms with Gasteiger partial charge < -0.3 is 24.6 Å². The van der Waals surface area contributed by atoms with Crippen LogP contribution in [0.4, 0.5) is 18.9 Å². The summed E-state index contributed by atoms with van der Waals surface area (Å²) < 4.78 is 45.6. The molecule has 1 aromatic heterocycles. The minimum Gasteiger partial charge on any atom is -0.335 e. The van der Waals surface area contributed by atoms with Crippen LogP contribution >= 0.6 is 0 Å². The van der Waals surface area contributed by atoms with E-state index in [1.165, 1.54) is 11.0 Å². The zero-order chi connectivity index (χ0) is 34.4. The molecule has 2 fully saturated rings. The third-order valence-corrected chi connectivity index (χ3v) is 10.2. The van der Waals surface area contributed by atoms with Crippen LogP contribution in [0.2, 0.25) is 0 Å². The molecule has 9 nitrogen and oxygen atoms in total. The number of hydrogen-bond donors (Lipinski definition) is 1. The van der Waals surface area contributed by atoms with Crippen molar-refractivity contribution in [3.8, 4) is 0 Å². The molecule has 2 atom stereocenters. The van der Waals surface area contributed by atoms with E-state index in [1.54, 1.807) is 31.5 Å². The minimum absolute atomic E-state index is 0.00814. The summed E-state index contributed by atoms with van der Waals surface area (Å²) >= 11 is 0. The Kier molecular flexibility index (Phi) is 9.25. The Morgan fingerprint density at radius 3 is 2.65 bits per heavy atom. The highest BCUT2D eigenvalue weighted by Gasteiger charge is 2.48. The SMILES string of the molecule is CC1CC(c2cccc(N3Cc4c(cc(C(C)NCC5CCCN5C(=O)/C=C/CN(C)C)cc4C(F)(F)F)C3=O)c2)(c2nncn2C)C1. The first kappa shape index (κ1) is 33.9. The predicted octanol–water partition coefficient (Wildman–Crippen LogP) is 5.47. The number of anilines is 1. The van der Waals surface area contributed by atoms with E-state index < -0.39 is 23.7 Å². The van der Waals surface area contributed by atoms with Crippen LogP contribution in [-0.4, -0.2) is 76.2 Å². The van der Waals surface area contributed by atoms with Gasteiger partial charge in [0.05, 0.1) is 17.5 Å². The topological polar surface area (TPSA) is 86.6 Å². The van der Waals surface area contributed by atoms with Crippen LogP contribution in [0.1, 0.15) is 84.0 Å². The van der Waals surface area contributed by atoms with Crippen LogP contribution in [0.5, 0.6) is 0 Å². The summed E-state index contributed by atoms with van der Waals surface area (Å²) in [7, 11) is 5.76. The molecule has 1 saturated carbocycles. The fraction of sp³-hybridized carbons (Fsp3) is 0.500. The number of likely N-dealkylation sites (tertiary alicyclic amines) is 1. The zero-order valence-electron chi connectivity index (χ0n) is 28.2. The Bertz CT molecular complexity index is 1710. The number of alkyl halides is 3. The standard InChI is InChI=1S/C36H44F3N7O2/c1-23-18-35(19-23,34-42-41-22-44(34)5)26-9-6-10-27(17-26)46-21-30-29(33(46)48)15-25(16-31(30)36(37,38)39)24(2)40-20-28-11-7-14-45(28)32(47)12-8-13-43(3)4/h6,8-10,12,15-17,22-24,28,40H,7,11,13-14,18-21H2,1-5H3/b12-8+. The number of halogens is 3. The second-order valence-electron chi connectivity index (χ2n) is 14.0. The van der Waals surface area contributed by atoms with Gasteiger partial charge >= 0.3 is 6.18 Å². The maximum atomic E-state index is 14.6. The molecule has 3 aromatic rings. The Hall–Kier alpha value is -4.03. The third-order valence-electron chi connectivity index (χ3n) is 10.2. The second kappa shape index (κ2) is 13.1. The summed E-state index contributed by atoms with van der Waals surface area (Å²) in [6.07, 6.45) is 3.87. The number of benzene rings is 2. The molecule has 256 valence electrons. The Labute approximate surface area is 279 Å². The van der Waals surface area contributed by atoms with Crippen molar-refractivity contribution in [3.05, 3.63) is 88.5 Å². The first-order chi connectivity index (χ1) is 22.8. The molecule has 0 spiro atoms. The van der Waals surface area contributed by atoms with E-state index in [0.29, 0.717) is 36.8 Å². The van der Waals surface area contributed by atoms with Crippen molar-refractivity contribution in [1.29, 1.82) is 0 Å². The first-order valence-electron chi connectivity index (χ1n) is 16.6. The lowest BCUT2D eigenvalue weighted by Gasteiger charge is -2.46. The molecule has 48 heavy (non-hydrogen) atoms. The van der Waals surface area contributed by atoms with E-state index in [9.17, 15) is 22.8 Å². The van der Waals surface area contributed by atoms with E-state index in [-0.39, 0.29) is 35.0 Å². The van der Waals surface area contributed by atoms with Gasteiger partial charge in [-0.1, -0.05) is 25.1 Å². The molecular weight excluding hydrogens is 619 g/mol. The monoisotopic (exact) mass is 663 g/mol. The van der Waals surface area contributed by atoms with Gasteiger partial charge in [-0.2, -0.15) is 13.2 Å². The molecule has 2 aromatic carbocycles. The summed E-state index contributed by atoms with van der Waals surface area (Å²) in [5, 5.41) is 11.9. The fourth-order valence-electron chi connectivity index (χ4n) is 7.74. The molecule has 2 amide bonds. The van der Waals surface area contributed by atoms with Crippen molar-refractivity contribution in [1.82, 2.24) is 29.9 Å². The third kappa shape index (κ3) is 6.39. The van der Waals surface area contributed by atoms with Gasteiger partial charge in [0.2, 0.25) is 5.91 Å². The van der Waals surface area contributed by atoms with E-state index >= 15 is 0 Å². The largest absolute Gasteiger partial charge is 0.416 e. The van der Waals surface area contributed by atoms with Crippen LogP contribution in [0.15, 0.2) is 54.9 Å². The van der Waals surface area contributed by atoms with Crippen molar-refractivity contribution in [2.75, 3.05) is 38.6 Å². The number of nitrogens with one attached hydrogen (secondary N) is 1. The van der Waals surface area contributed by atoms with Crippen molar-refractivity contribution >= 4 is 17.5 Å². The number of hydrogen-bond acceptors (Lipinski definition) is 6. The highest BCUT2D eigenvalue weighted by Crippen LogP contribution is 2.52. The van der Waals surface area contributed by atoms with E-state index in [1.807, 2.05) is 59.8 Å². The van der Waals surface area contributed by atoms with Crippen LogP contribution in [-0.2, 0) is 30.0 Å². The summed E-state index contributed by atoms with van der Waals surface area (Å²) in [5.41, 5.74) is 0.818. The number of nitrogens with zero attached hydrogens (tertiary/aromatic N) is 6. The van der Waals surface area contributed by atoms with Crippen molar-refractivity contribution < 1.29 is 22.8 Å². The number of likely N-dealkylation sites (N-methyl/N-ethyl adjacent to an activating group) is 1. The van der Waals surface area contributed by atoms with Gasteiger partial charge in [-0.15, -0.1) is 10.2 Å². The molecule has 1 aliphatic carbocycles. The van der Waals surface area contributed by atoms with Gasteiger partial charge in [0, 0.05) is 56.1 Å². The molecule has 1 N–H and O–H groups in total. The predicted molar refractivity (Wildman–Crippen MR) is 177 cm³/mol. The lowest BCUT2D eigenvalue weighted by atomic mass is 9.58. The summed E-state index contributed by atoms with van der Waals surface area (Å²) in [6.45, 7) is 5.55. The summed E-state index contributed by atoms with van der Waals surface area (Å²) in [5.74, 6) is 0.807. The number of rotatable bonds is 10. The fourth-order valence-corrected chi connectivity index (χ4v) is 7.74. The molecule has 0 radical (unpaired) electrons. The van der Waals surface area contributed by atoms with Crippen LogP contribution in [0, 0.1) is 5.92 Å². The van der Waals surface area contributed by atoms with E-state index in [0.717, 1.165) is 37.1 Å². The normalized spacial score (nSPS) is 23.3. The molecule has 3 aliphatic rings. The van der Waals surface area contributed by atoms with Gasteiger partial charge in [0.15, 0.2) is 0 Å². The summed E-state index contributed by atoms with van der Waals surface area (Å²) in [6, 6.07) is 9.80. The number of carbonyl (C=O) groups excluding carboxylic acids is 2. The maximum Gasteiger partial charge on any atom is 0.416 e. The minimum atomic E-state index is -4.64. The highest BCUT2D eigenvalue weighted by atomic mass is 19.4. The molecule has 6 rings (SSSR count). The Morgan fingerprint density at radius 2 is 1.98 bits per heavy atom. The first-order valence-corrected chi connectivity index (χ1v) is 16.6. The molecule has 1 saturated heterocycles. The molecular formula is C36H44F3N7O2. The van der Waals surface area contributed by atoms with Crippen LogP contribution < -0.4 is 10.2 Å².